The zero-order chi connectivity index (χ0) is 22.8. The van der Waals surface area contributed by atoms with Gasteiger partial charge in [-0.3, -0.25) is 18.9 Å². The molecule has 9 nitrogen and oxygen atoms in total. The van der Waals surface area contributed by atoms with Gasteiger partial charge in [0.2, 0.25) is 6.10 Å². The van der Waals surface area contributed by atoms with Crippen molar-refractivity contribution in [3.63, 3.8) is 0 Å². The van der Waals surface area contributed by atoms with Crippen molar-refractivity contribution < 1.29 is 54.7 Å². The van der Waals surface area contributed by atoms with Crippen LogP contribution in [0.4, 0.5) is 13.2 Å². The molecular formula is C16H18F3IO9S. The van der Waals surface area contributed by atoms with Crippen molar-refractivity contribution in [2.45, 2.75) is 48.2 Å². The van der Waals surface area contributed by atoms with Gasteiger partial charge in [-0.25, -0.2) is 0 Å². The Morgan fingerprint density at radius 3 is 2.40 bits per heavy atom. The zero-order valence-corrected chi connectivity index (χ0v) is 18.6. The molecule has 7 atom stereocenters. The summed E-state index contributed by atoms with van der Waals surface area (Å²) in [6.07, 6.45) is -9.99. The molecule has 3 fully saturated rings. The molecule has 0 radical (unpaired) electrons. The normalized spacial score (nSPS) is 33.9. The van der Waals surface area contributed by atoms with Crippen LogP contribution in [0.5, 0.6) is 0 Å². The van der Waals surface area contributed by atoms with Crippen molar-refractivity contribution in [2.24, 2.45) is 23.7 Å². The van der Waals surface area contributed by atoms with Gasteiger partial charge in [0.25, 0.3) is 10.1 Å². The van der Waals surface area contributed by atoms with Gasteiger partial charge >= 0.3 is 24.1 Å². The van der Waals surface area contributed by atoms with Crippen LogP contribution in [0.15, 0.2) is 0 Å². The van der Waals surface area contributed by atoms with E-state index in [-0.39, 0.29) is 6.42 Å². The van der Waals surface area contributed by atoms with Crippen LogP contribution in [0.1, 0.15) is 20.3 Å². The molecule has 7 unspecified atom stereocenters. The first-order valence-electron chi connectivity index (χ1n) is 8.83. The summed E-state index contributed by atoms with van der Waals surface area (Å²) in [5.41, 5.74) is 0. The third-order valence-electron chi connectivity index (χ3n) is 5.53. The summed E-state index contributed by atoms with van der Waals surface area (Å²) in [5.74, 6) is -8.57. The van der Waals surface area contributed by atoms with E-state index in [0.717, 1.165) is 0 Å². The summed E-state index contributed by atoms with van der Waals surface area (Å²) < 4.78 is 84.0. The van der Waals surface area contributed by atoms with Crippen LogP contribution in [-0.2, 0) is 38.7 Å². The summed E-state index contributed by atoms with van der Waals surface area (Å²) in [7, 11) is -5.11. The minimum atomic E-state index is -5.26. The van der Waals surface area contributed by atoms with E-state index in [1.54, 1.807) is 13.8 Å². The lowest BCUT2D eigenvalue weighted by molar-refractivity contribution is -0.220. The Hall–Kier alpha value is -1.16. The summed E-state index contributed by atoms with van der Waals surface area (Å²) in [6.45, 7) is 3.14. The van der Waals surface area contributed by atoms with Gasteiger partial charge < -0.3 is 14.2 Å². The minimum Gasteiger partial charge on any atom is -0.458 e. The largest absolute Gasteiger partial charge is 0.458 e. The lowest BCUT2D eigenvalue weighted by Crippen LogP contribution is -2.47. The molecule has 0 amide bonds. The molecule has 3 rings (SSSR count). The lowest BCUT2D eigenvalue weighted by Gasteiger charge is -2.32. The molecule has 2 saturated carbocycles. The standard InChI is InChI=1S/C16H18F3IO9S/c1-15(2,20)14(23)29-11-6-3-5-9(13(22)28-10(5)11)8(6)12(21)27-7(16(17,18)19)4-30(24,25)26/h5-11H,3-4H2,1-2H3,(H,24,25,26). The number of carbonyl (C=O) groups is 3. The first-order valence-corrected chi connectivity index (χ1v) is 11.5. The van der Waals surface area contributed by atoms with Gasteiger partial charge in [-0.2, -0.15) is 21.6 Å². The molecule has 1 N–H and O–H groups in total. The third-order valence-corrected chi connectivity index (χ3v) is 6.70. The van der Waals surface area contributed by atoms with E-state index < -0.39 is 85.4 Å². The number of esters is 3. The second kappa shape index (κ2) is 7.46. The van der Waals surface area contributed by atoms with E-state index in [9.17, 15) is 36.0 Å². The molecule has 170 valence electrons. The number of carbonyl (C=O) groups excluding carboxylic acids is 3. The molecule has 2 bridgehead atoms. The van der Waals surface area contributed by atoms with Crippen LogP contribution in [-0.4, -0.2) is 64.5 Å². The smallest absolute Gasteiger partial charge is 0.426 e. The Labute approximate surface area is 182 Å². The van der Waals surface area contributed by atoms with Crippen LogP contribution in [0.25, 0.3) is 0 Å². The highest BCUT2D eigenvalue weighted by Crippen LogP contribution is 2.59. The van der Waals surface area contributed by atoms with Crippen LogP contribution in [0.2, 0.25) is 0 Å². The maximum absolute atomic E-state index is 13.1. The fourth-order valence-corrected chi connectivity index (χ4v) is 5.10. The Morgan fingerprint density at radius 2 is 1.90 bits per heavy atom. The van der Waals surface area contributed by atoms with Gasteiger partial charge in [0.15, 0.2) is 0 Å². The Morgan fingerprint density at radius 1 is 1.30 bits per heavy atom. The van der Waals surface area contributed by atoms with Crippen molar-refractivity contribution >= 4 is 50.6 Å². The molecule has 0 aromatic rings. The number of fused-ring (bicyclic) bond motifs is 1. The molecule has 1 aliphatic heterocycles. The molecule has 3 aliphatic rings. The van der Waals surface area contributed by atoms with Gasteiger partial charge in [0.1, 0.15) is 21.4 Å². The van der Waals surface area contributed by atoms with Crippen molar-refractivity contribution in [3.05, 3.63) is 0 Å². The van der Waals surface area contributed by atoms with E-state index >= 15 is 0 Å². The molecule has 0 spiro atoms. The quantitative estimate of drug-likeness (QED) is 0.165. The fourth-order valence-electron chi connectivity index (χ4n) is 4.34. The van der Waals surface area contributed by atoms with Crippen LogP contribution < -0.4 is 0 Å². The van der Waals surface area contributed by atoms with Crippen molar-refractivity contribution in [1.29, 1.82) is 0 Å². The molecule has 0 aromatic heterocycles. The van der Waals surface area contributed by atoms with Gasteiger partial charge in [-0.15, -0.1) is 0 Å². The summed E-state index contributed by atoms with van der Waals surface area (Å²) in [4.78, 5) is 37.1. The van der Waals surface area contributed by atoms with Crippen molar-refractivity contribution in [1.82, 2.24) is 0 Å². The maximum atomic E-state index is 13.1. The second-order valence-corrected chi connectivity index (χ2v) is 12.3. The average molecular weight is 570 g/mol. The summed E-state index contributed by atoms with van der Waals surface area (Å²) >= 11 is 1.83. The Balaban J connectivity index is 1.83. The average Bonchev–Trinajstić information content (AvgIpc) is 3.14. The first kappa shape index (κ1) is 23.5. The highest BCUT2D eigenvalue weighted by Gasteiger charge is 2.70. The molecule has 14 heteroatoms. The lowest BCUT2D eigenvalue weighted by atomic mass is 9.78. The van der Waals surface area contributed by atoms with E-state index in [2.05, 4.69) is 4.74 Å². The van der Waals surface area contributed by atoms with E-state index in [1.807, 2.05) is 22.6 Å². The predicted octanol–water partition coefficient (Wildman–Crippen LogP) is 1.28. The van der Waals surface area contributed by atoms with Crippen molar-refractivity contribution in [3.8, 4) is 0 Å². The number of ether oxygens (including phenoxy) is 3. The molecule has 30 heavy (non-hydrogen) atoms. The monoisotopic (exact) mass is 570 g/mol. The Kier molecular flexibility index (Phi) is 5.85. The molecule has 2 aliphatic carbocycles. The number of rotatable bonds is 6. The number of halogens is 4. The molecule has 0 aromatic carbocycles. The van der Waals surface area contributed by atoms with E-state index in [1.165, 1.54) is 0 Å². The maximum Gasteiger partial charge on any atom is 0.426 e. The molecule has 1 heterocycles. The fraction of sp³-hybridized carbons (Fsp3) is 0.812. The number of alkyl halides is 4. The topological polar surface area (TPSA) is 133 Å². The summed E-state index contributed by atoms with van der Waals surface area (Å²) in [6, 6.07) is 0. The van der Waals surface area contributed by atoms with Gasteiger partial charge in [-0.1, -0.05) is 22.6 Å². The predicted molar refractivity (Wildman–Crippen MR) is 98.8 cm³/mol. The first-order chi connectivity index (χ1) is 13.5. The number of hydrogen-bond donors (Lipinski definition) is 1. The van der Waals surface area contributed by atoms with Crippen LogP contribution >= 0.6 is 22.6 Å². The van der Waals surface area contributed by atoms with Crippen LogP contribution in [0, 0.1) is 23.7 Å². The van der Waals surface area contributed by atoms with E-state index in [4.69, 9.17) is 14.0 Å². The third kappa shape index (κ3) is 4.40. The second-order valence-electron chi connectivity index (χ2n) is 8.07. The highest BCUT2D eigenvalue weighted by atomic mass is 127. The van der Waals surface area contributed by atoms with Gasteiger partial charge in [-0.05, 0) is 20.3 Å². The van der Waals surface area contributed by atoms with Gasteiger partial charge in [0.05, 0.1) is 11.8 Å². The molecule has 1 saturated heterocycles. The van der Waals surface area contributed by atoms with Gasteiger partial charge in [0, 0.05) is 11.8 Å². The highest BCUT2D eigenvalue weighted by molar-refractivity contribution is 14.1. The van der Waals surface area contributed by atoms with E-state index in [0.29, 0.717) is 0 Å². The SMILES string of the molecule is CC(C)(I)C(=O)OC1C2CC3C1OC(=O)C3C2C(=O)OC(CS(=O)(=O)O)C(F)(F)F. The number of hydrogen-bond acceptors (Lipinski definition) is 8. The summed E-state index contributed by atoms with van der Waals surface area (Å²) in [5, 5.41) is 0. The van der Waals surface area contributed by atoms with Crippen LogP contribution in [0.3, 0.4) is 0 Å². The molecular weight excluding hydrogens is 552 g/mol. The Bertz CT molecular complexity index is 866. The minimum absolute atomic E-state index is 0.204. The zero-order valence-electron chi connectivity index (χ0n) is 15.6. The van der Waals surface area contributed by atoms with Crippen molar-refractivity contribution in [2.75, 3.05) is 5.75 Å².